The first-order valence-electron chi connectivity index (χ1n) is 9.44. The van der Waals surface area contributed by atoms with Crippen molar-refractivity contribution >= 4 is 15.6 Å². The fraction of sp³-hybridized carbons (Fsp3) is 0.882. The maximum absolute atomic E-state index is 12.9. The van der Waals surface area contributed by atoms with Crippen molar-refractivity contribution in [2.75, 3.05) is 26.4 Å². The molecule has 0 saturated heterocycles. The Balaban J connectivity index is 5.05. The van der Waals surface area contributed by atoms with Gasteiger partial charge in [0, 0.05) is 0 Å². The van der Waals surface area contributed by atoms with Crippen LogP contribution in [0.25, 0.3) is 0 Å². The van der Waals surface area contributed by atoms with E-state index in [0.717, 1.165) is 24.8 Å². The lowest BCUT2D eigenvalue weighted by Crippen LogP contribution is -2.07. The van der Waals surface area contributed by atoms with E-state index >= 15 is 0 Å². The van der Waals surface area contributed by atoms with E-state index in [2.05, 4.69) is 6.58 Å². The summed E-state index contributed by atoms with van der Waals surface area (Å²) in [5.41, 5.74) is 0.867. The molecule has 0 radical (unpaired) electrons. The zero-order chi connectivity index (χ0) is 19.9. The Morgan fingerprint density at radius 1 is 0.731 bits per heavy atom. The molecule has 7 nitrogen and oxygen atoms in total. The second kappa shape index (κ2) is 15.0. The van der Waals surface area contributed by atoms with Gasteiger partial charge in [-0.25, -0.2) is 9.13 Å². The number of phosphoric ester groups is 2. The Labute approximate surface area is 159 Å². The van der Waals surface area contributed by atoms with Crippen molar-refractivity contribution in [2.24, 2.45) is 0 Å². The van der Waals surface area contributed by atoms with E-state index in [1.165, 1.54) is 0 Å². The average Bonchev–Trinajstić information content (AvgIpc) is 2.55. The van der Waals surface area contributed by atoms with Crippen LogP contribution in [-0.2, 0) is 31.5 Å². The largest absolute Gasteiger partial charge is 0.483 e. The van der Waals surface area contributed by atoms with E-state index in [0.29, 0.717) is 25.7 Å². The summed E-state index contributed by atoms with van der Waals surface area (Å²) in [4.78, 5) is 0. The monoisotopic (exact) mass is 414 g/mol. The summed E-state index contributed by atoms with van der Waals surface area (Å²) >= 11 is 0. The molecule has 0 aliphatic rings. The molecule has 0 saturated carbocycles. The zero-order valence-electron chi connectivity index (χ0n) is 16.7. The van der Waals surface area contributed by atoms with E-state index in [1.807, 2.05) is 27.7 Å². The topological polar surface area (TPSA) is 80.3 Å². The van der Waals surface area contributed by atoms with E-state index in [-0.39, 0.29) is 26.4 Å². The van der Waals surface area contributed by atoms with Crippen LogP contribution in [0.3, 0.4) is 0 Å². The van der Waals surface area contributed by atoms with Gasteiger partial charge in [-0.15, -0.1) is 6.58 Å². The molecule has 0 aliphatic carbocycles. The molecule has 0 aromatic heterocycles. The highest BCUT2D eigenvalue weighted by Crippen LogP contribution is 2.66. The quantitative estimate of drug-likeness (QED) is 0.141. The van der Waals surface area contributed by atoms with E-state index in [4.69, 9.17) is 22.4 Å². The van der Waals surface area contributed by atoms with Crippen LogP contribution in [-0.4, -0.2) is 26.4 Å². The summed E-state index contributed by atoms with van der Waals surface area (Å²) in [7, 11) is -8.13. The maximum Gasteiger partial charge on any atom is 0.483 e. The standard InChI is InChI=1S/C17H36O7P2/c1-6-9-13-20-25(18,21-14-10-7-2)24-26(19,22-15-11-8-3)23-16-12-17(4)5/h4,6-16H2,1-3,5H3. The third-order valence-electron chi connectivity index (χ3n) is 3.22. The number of phosphoric acid groups is 2. The first-order valence-corrected chi connectivity index (χ1v) is 12.4. The number of rotatable bonds is 18. The van der Waals surface area contributed by atoms with Crippen LogP contribution in [0.15, 0.2) is 12.2 Å². The van der Waals surface area contributed by atoms with Gasteiger partial charge in [0.1, 0.15) is 0 Å². The third-order valence-corrected chi connectivity index (χ3v) is 6.82. The van der Waals surface area contributed by atoms with Crippen LogP contribution < -0.4 is 0 Å². The molecule has 0 rings (SSSR count). The highest BCUT2D eigenvalue weighted by Gasteiger charge is 2.40. The highest BCUT2D eigenvalue weighted by atomic mass is 31.3. The Bertz CT molecular complexity index is 454. The fourth-order valence-corrected chi connectivity index (χ4v) is 4.84. The summed E-state index contributed by atoms with van der Waals surface area (Å²) in [6.45, 7) is 12.2. The first kappa shape index (κ1) is 26.0. The van der Waals surface area contributed by atoms with Gasteiger partial charge in [0.05, 0.1) is 26.4 Å². The smallest absolute Gasteiger partial charge is 0.287 e. The van der Waals surface area contributed by atoms with Gasteiger partial charge in [0.15, 0.2) is 0 Å². The normalized spacial score (nSPS) is 14.3. The second-order valence-electron chi connectivity index (χ2n) is 6.08. The predicted molar refractivity (Wildman–Crippen MR) is 104 cm³/mol. The van der Waals surface area contributed by atoms with Crippen LogP contribution in [0.1, 0.15) is 72.6 Å². The van der Waals surface area contributed by atoms with Crippen LogP contribution in [0, 0.1) is 0 Å². The van der Waals surface area contributed by atoms with Crippen molar-refractivity contribution in [3.8, 4) is 0 Å². The average molecular weight is 414 g/mol. The summed E-state index contributed by atoms with van der Waals surface area (Å²) in [6.07, 6.45) is 5.09. The molecule has 156 valence electrons. The summed E-state index contributed by atoms with van der Waals surface area (Å²) in [5.74, 6) is 0. The maximum atomic E-state index is 12.9. The summed E-state index contributed by atoms with van der Waals surface area (Å²) in [5, 5.41) is 0. The lowest BCUT2D eigenvalue weighted by atomic mass is 10.3. The van der Waals surface area contributed by atoms with Crippen molar-refractivity contribution in [1.29, 1.82) is 0 Å². The number of unbranched alkanes of at least 4 members (excludes halogenated alkanes) is 3. The Hall–Kier alpha value is -0.0000000000000000416. The molecule has 0 bridgehead atoms. The lowest BCUT2D eigenvalue weighted by Gasteiger charge is -2.23. The molecule has 0 aliphatic heterocycles. The molecule has 1 unspecified atom stereocenters. The number of hydrogen-bond donors (Lipinski definition) is 0. The van der Waals surface area contributed by atoms with Gasteiger partial charge in [-0.1, -0.05) is 45.6 Å². The minimum atomic E-state index is -4.08. The molecule has 0 heterocycles. The van der Waals surface area contributed by atoms with Crippen LogP contribution in [0.4, 0.5) is 0 Å². The Morgan fingerprint density at radius 3 is 1.38 bits per heavy atom. The predicted octanol–water partition coefficient (Wildman–Crippen LogP) is 6.65. The number of hydrogen-bond acceptors (Lipinski definition) is 7. The second-order valence-corrected chi connectivity index (χ2v) is 9.55. The first-order chi connectivity index (χ1) is 12.3. The summed E-state index contributed by atoms with van der Waals surface area (Å²) < 4.78 is 52.3. The molecular formula is C17H36O7P2. The third kappa shape index (κ3) is 13.2. The Kier molecular flexibility index (Phi) is 15.0. The lowest BCUT2D eigenvalue weighted by molar-refractivity contribution is 0.108. The molecule has 0 spiro atoms. The molecular weight excluding hydrogens is 378 g/mol. The van der Waals surface area contributed by atoms with Gasteiger partial charge in [-0.3, -0.25) is 18.1 Å². The van der Waals surface area contributed by atoms with Crippen molar-refractivity contribution in [3.63, 3.8) is 0 Å². The summed E-state index contributed by atoms with van der Waals surface area (Å²) in [6, 6.07) is 0. The highest BCUT2D eigenvalue weighted by molar-refractivity contribution is 7.62. The SMILES string of the molecule is C=C(C)CCOP(=O)(OCCCC)OP(=O)(OCCCC)OCCCC. The minimum absolute atomic E-state index is 0.0860. The molecule has 0 N–H and O–H groups in total. The van der Waals surface area contributed by atoms with Crippen molar-refractivity contribution in [1.82, 2.24) is 0 Å². The van der Waals surface area contributed by atoms with E-state index in [9.17, 15) is 9.13 Å². The van der Waals surface area contributed by atoms with Crippen molar-refractivity contribution in [3.05, 3.63) is 12.2 Å². The van der Waals surface area contributed by atoms with Gasteiger partial charge >= 0.3 is 15.6 Å². The Morgan fingerprint density at radius 2 is 1.08 bits per heavy atom. The molecule has 9 heteroatoms. The zero-order valence-corrected chi connectivity index (χ0v) is 18.5. The van der Waals surface area contributed by atoms with Crippen LogP contribution in [0.2, 0.25) is 0 Å². The molecule has 1 atom stereocenters. The van der Waals surface area contributed by atoms with Crippen LogP contribution >= 0.6 is 15.6 Å². The van der Waals surface area contributed by atoms with Gasteiger partial charge < -0.3 is 0 Å². The minimum Gasteiger partial charge on any atom is -0.287 e. The molecule has 0 aromatic carbocycles. The fourth-order valence-electron chi connectivity index (χ4n) is 1.59. The van der Waals surface area contributed by atoms with Gasteiger partial charge in [-0.2, -0.15) is 4.31 Å². The molecule has 0 fully saturated rings. The van der Waals surface area contributed by atoms with Crippen molar-refractivity contribution in [2.45, 2.75) is 72.6 Å². The van der Waals surface area contributed by atoms with Crippen molar-refractivity contribution < 1.29 is 31.5 Å². The molecule has 26 heavy (non-hydrogen) atoms. The van der Waals surface area contributed by atoms with Gasteiger partial charge in [0.2, 0.25) is 0 Å². The van der Waals surface area contributed by atoms with E-state index < -0.39 is 15.6 Å². The molecule has 0 aromatic rings. The molecule has 0 amide bonds. The van der Waals surface area contributed by atoms with Crippen LogP contribution in [0.5, 0.6) is 0 Å². The van der Waals surface area contributed by atoms with Gasteiger partial charge in [0.25, 0.3) is 0 Å². The van der Waals surface area contributed by atoms with Gasteiger partial charge in [-0.05, 0) is 32.6 Å². The van der Waals surface area contributed by atoms with E-state index in [1.54, 1.807) is 0 Å².